The van der Waals surface area contributed by atoms with E-state index in [1.807, 2.05) is 50.2 Å². The van der Waals surface area contributed by atoms with Crippen LogP contribution in [-0.2, 0) is 6.42 Å². The molecular weight excluding hydrogens is 368 g/mol. The van der Waals surface area contributed by atoms with Crippen molar-refractivity contribution < 1.29 is 5.11 Å². The largest absolute Gasteiger partial charge is 0.388 e. The van der Waals surface area contributed by atoms with Gasteiger partial charge in [0.25, 0.3) is 0 Å². The lowest BCUT2D eigenvalue weighted by Crippen LogP contribution is -2.03. The summed E-state index contributed by atoms with van der Waals surface area (Å²) in [6.07, 6.45) is 0.167. The first-order valence-corrected chi connectivity index (χ1v) is 7.75. The molecule has 0 bridgehead atoms. The molecule has 19 heavy (non-hydrogen) atoms. The van der Waals surface area contributed by atoms with Crippen molar-refractivity contribution in [2.24, 2.45) is 0 Å². The Kier molecular flexibility index (Phi) is 4.82. The highest BCUT2D eigenvalue weighted by Crippen LogP contribution is 2.27. The Bertz CT molecular complexity index is 553. The van der Waals surface area contributed by atoms with Crippen LogP contribution in [0.25, 0.3) is 0 Å². The van der Waals surface area contributed by atoms with Crippen LogP contribution in [0, 0.1) is 13.8 Å². The Morgan fingerprint density at radius 2 is 1.53 bits per heavy atom. The molecule has 1 nitrogen and oxygen atoms in total. The van der Waals surface area contributed by atoms with Gasteiger partial charge in [0.15, 0.2) is 0 Å². The molecule has 0 saturated heterocycles. The third-order valence-electron chi connectivity index (χ3n) is 3.19. The number of benzene rings is 2. The lowest BCUT2D eigenvalue weighted by atomic mass is 9.98. The molecule has 0 saturated carbocycles. The van der Waals surface area contributed by atoms with Crippen molar-refractivity contribution in [3.63, 3.8) is 0 Å². The molecule has 0 radical (unpaired) electrons. The Balaban J connectivity index is 2.20. The van der Waals surface area contributed by atoms with Crippen LogP contribution in [0.5, 0.6) is 0 Å². The number of aliphatic hydroxyl groups excluding tert-OH is 1. The fourth-order valence-corrected chi connectivity index (χ4v) is 2.63. The maximum atomic E-state index is 10.4. The van der Waals surface area contributed by atoms with E-state index in [-0.39, 0.29) is 0 Å². The summed E-state index contributed by atoms with van der Waals surface area (Å²) in [5, 5.41) is 10.4. The normalized spacial score (nSPS) is 12.5. The van der Waals surface area contributed by atoms with Crippen LogP contribution in [0.3, 0.4) is 0 Å². The number of aryl methyl sites for hydroxylation is 2. The van der Waals surface area contributed by atoms with E-state index in [1.54, 1.807) is 0 Å². The number of halogens is 2. The Labute approximate surface area is 130 Å². The quantitative estimate of drug-likeness (QED) is 0.781. The average molecular weight is 384 g/mol. The molecule has 0 aliphatic rings. The van der Waals surface area contributed by atoms with E-state index in [1.165, 1.54) is 0 Å². The van der Waals surface area contributed by atoms with Crippen molar-refractivity contribution in [3.8, 4) is 0 Å². The lowest BCUT2D eigenvalue weighted by molar-refractivity contribution is 0.178. The van der Waals surface area contributed by atoms with Gasteiger partial charge in [0.2, 0.25) is 0 Å². The molecule has 0 aliphatic carbocycles. The SMILES string of the molecule is Cc1cc(C(O)Cc2ccc(Br)cc2)cc(C)c1Br. The third kappa shape index (κ3) is 3.68. The van der Waals surface area contributed by atoms with E-state index in [4.69, 9.17) is 0 Å². The summed E-state index contributed by atoms with van der Waals surface area (Å²) in [6.45, 7) is 4.10. The fourth-order valence-electron chi connectivity index (χ4n) is 2.13. The topological polar surface area (TPSA) is 20.2 Å². The summed E-state index contributed by atoms with van der Waals surface area (Å²) >= 11 is 6.97. The van der Waals surface area contributed by atoms with Crippen molar-refractivity contribution in [3.05, 3.63) is 67.6 Å². The molecule has 2 rings (SSSR count). The highest BCUT2D eigenvalue weighted by Gasteiger charge is 2.11. The van der Waals surface area contributed by atoms with E-state index < -0.39 is 6.10 Å². The summed E-state index contributed by atoms with van der Waals surface area (Å²) in [5.41, 5.74) is 4.42. The van der Waals surface area contributed by atoms with E-state index in [0.29, 0.717) is 6.42 Å². The third-order valence-corrected chi connectivity index (χ3v) is 4.97. The van der Waals surface area contributed by atoms with E-state index in [9.17, 15) is 5.11 Å². The highest BCUT2D eigenvalue weighted by molar-refractivity contribution is 9.10. The van der Waals surface area contributed by atoms with Crippen LogP contribution in [0.15, 0.2) is 45.3 Å². The first kappa shape index (κ1) is 14.8. The number of rotatable bonds is 3. The summed E-state index contributed by atoms with van der Waals surface area (Å²) in [6, 6.07) is 12.2. The highest BCUT2D eigenvalue weighted by atomic mass is 79.9. The van der Waals surface area contributed by atoms with Gasteiger partial charge in [-0.2, -0.15) is 0 Å². The zero-order valence-electron chi connectivity index (χ0n) is 11.0. The minimum Gasteiger partial charge on any atom is -0.388 e. The zero-order chi connectivity index (χ0) is 14.0. The average Bonchev–Trinajstić information content (AvgIpc) is 2.38. The molecule has 100 valence electrons. The van der Waals surface area contributed by atoms with Gasteiger partial charge in [-0.3, -0.25) is 0 Å². The zero-order valence-corrected chi connectivity index (χ0v) is 14.1. The molecule has 0 amide bonds. The Morgan fingerprint density at radius 3 is 2.05 bits per heavy atom. The maximum absolute atomic E-state index is 10.4. The summed E-state index contributed by atoms with van der Waals surface area (Å²) in [5.74, 6) is 0. The molecule has 0 fully saturated rings. The van der Waals surface area contributed by atoms with Crippen LogP contribution in [-0.4, -0.2) is 5.11 Å². The summed E-state index contributed by atoms with van der Waals surface area (Å²) < 4.78 is 2.17. The summed E-state index contributed by atoms with van der Waals surface area (Å²) in [4.78, 5) is 0. The molecule has 3 heteroatoms. The molecule has 2 aromatic rings. The standard InChI is InChI=1S/C16H16Br2O/c1-10-7-13(8-11(2)16(10)18)15(19)9-12-3-5-14(17)6-4-12/h3-8,15,19H,9H2,1-2H3. The van der Waals surface area contributed by atoms with Crippen LogP contribution in [0.4, 0.5) is 0 Å². The van der Waals surface area contributed by atoms with Gasteiger partial charge in [-0.05, 0) is 48.2 Å². The minimum atomic E-state index is -0.466. The fraction of sp³-hybridized carbons (Fsp3) is 0.250. The van der Waals surface area contributed by atoms with Gasteiger partial charge in [0, 0.05) is 15.4 Å². The van der Waals surface area contributed by atoms with Gasteiger partial charge in [-0.1, -0.05) is 56.1 Å². The minimum absolute atomic E-state index is 0.466. The second-order valence-corrected chi connectivity index (χ2v) is 6.52. The predicted octanol–water partition coefficient (Wildman–Crippen LogP) is 5.10. The Hall–Kier alpha value is -0.640. The number of hydrogen-bond acceptors (Lipinski definition) is 1. The molecular formula is C16H16Br2O. The van der Waals surface area contributed by atoms with E-state index in [2.05, 4.69) is 31.9 Å². The van der Waals surface area contributed by atoms with E-state index >= 15 is 0 Å². The lowest BCUT2D eigenvalue weighted by Gasteiger charge is -2.14. The molecule has 1 atom stereocenters. The van der Waals surface area contributed by atoms with Crippen molar-refractivity contribution in [1.29, 1.82) is 0 Å². The van der Waals surface area contributed by atoms with Gasteiger partial charge in [-0.25, -0.2) is 0 Å². The van der Waals surface area contributed by atoms with Gasteiger partial charge in [0.1, 0.15) is 0 Å². The van der Waals surface area contributed by atoms with Gasteiger partial charge < -0.3 is 5.11 Å². The van der Waals surface area contributed by atoms with Crippen molar-refractivity contribution >= 4 is 31.9 Å². The molecule has 0 spiro atoms. The molecule has 1 N–H and O–H groups in total. The van der Waals surface area contributed by atoms with Crippen LogP contribution in [0.1, 0.15) is 28.4 Å². The Morgan fingerprint density at radius 1 is 1.00 bits per heavy atom. The van der Waals surface area contributed by atoms with Crippen molar-refractivity contribution in [2.75, 3.05) is 0 Å². The van der Waals surface area contributed by atoms with Crippen LogP contribution < -0.4 is 0 Å². The van der Waals surface area contributed by atoms with Crippen LogP contribution >= 0.6 is 31.9 Å². The smallest absolute Gasteiger partial charge is 0.0830 e. The summed E-state index contributed by atoms with van der Waals surface area (Å²) in [7, 11) is 0. The molecule has 2 aromatic carbocycles. The first-order valence-electron chi connectivity index (χ1n) is 6.16. The second kappa shape index (κ2) is 6.21. The van der Waals surface area contributed by atoms with Crippen LogP contribution in [0.2, 0.25) is 0 Å². The van der Waals surface area contributed by atoms with Gasteiger partial charge in [0.05, 0.1) is 6.10 Å². The number of hydrogen-bond donors (Lipinski definition) is 1. The molecule has 1 unspecified atom stereocenters. The molecule has 0 aromatic heterocycles. The molecule has 0 aliphatic heterocycles. The predicted molar refractivity (Wildman–Crippen MR) is 86.4 cm³/mol. The monoisotopic (exact) mass is 382 g/mol. The van der Waals surface area contributed by atoms with E-state index in [0.717, 1.165) is 31.2 Å². The second-order valence-electron chi connectivity index (χ2n) is 4.82. The first-order chi connectivity index (χ1) is 8.97. The number of aliphatic hydroxyl groups is 1. The van der Waals surface area contributed by atoms with Crippen molar-refractivity contribution in [2.45, 2.75) is 26.4 Å². The van der Waals surface area contributed by atoms with Gasteiger partial charge in [-0.15, -0.1) is 0 Å². The van der Waals surface area contributed by atoms with Gasteiger partial charge >= 0.3 is 0 Å². The molecule has 0 heterocycles. The van der Waals surface area contributed by atoms with Crippen molar-refractivity contribution in [1.82, 2.24) is 0 Å². The maximum Gasteiger partial charge on any atom is 0.0830 e.